The number of benzene rings is 1. The van der Waals surface area contributed by atoms with Gasteiger partial charge in [-0.25, -0.2) is 9.59 Å². The minimum absolute atomic E-state index is 0.0329. The Bertz CT molecular complexity index is 862. The fraction of sp³-hybridized carbons (Fsp3) is 0.333. The van der Waals surface area contributed by atoms with Gasteiger partial charge in [-0.1, -0.05) is 37.3 Å². The van der Waals surface area contributed by atoms with Crippen molar-refractivity contribution in [3.63, 3.8) is 0 Å². The molecule has 1 heterocycles. The van der Waals surface area contributed by atoms with E-state index in [0.717, 1.165) is 12.0 Å². The number of tetrazole rings is 1. The van der Waals surface area contributed by atoms with Crippen LogP contribution in [0.15, 0.2) is 30.3 Å². The summed E-state index contributed by atoms with van der Waals surface area (Å²) in [5.41, 5.74) is 0.757. The first-order valence-electron chi connectivity index (χ1n) is 8.70. The third-order valence-electron chi connectivity index (χ3n) is 3.74. The third-order valence-corrected chi connectivity index (χ3v) is 3.74. The van der Waals surface area contributed by atoms with Crippen LogP contribution in [0.4, 0.5) is 4.79 Å². The Morgan fingerprint density at radius 2 is 1.96 bits per heavy atom. The Balaban J connectivity index is 2.06. The predicted molar refractivity (Wildman–Crippen MR) is 101 cm³/mol. The van der Waals surface area contributed by atoms with Crippen LogP contribution in [0.25, 0.3) is 11.8 Å². The Kier molecular flexibility index (Phi) is 7.37. The number of nitrogens with one attached hydrogen (secondary N) is 2. The maximum atomic E-state index is 12.5. The molecular weight excluding hydrogens is 364 g/mol. The molecule has 148 valence electrons. The Morgan fingerprint density at radius 3 is 2.57 bits per heavy atom. The van der Waals surface area contributed by atoms with Crippen molar-refractivity contribution in [1.82, 2.24) is 30.8 Å². The molecule has 0 aliphatic heterocycles. The summed E-state index contributed by atoms with van der Waals surface area (Å²) in [6.45, 7) is 4.70. The van der Waals surface area contributed by atoms with E-state index in [1.165, 1.54) is 4.68 Å². The minimum Gasteiger partial charge on any atom is -0.451 e. The number of aromatic nitrogens is 4. The Morgan fingerprint density at radius 1 is 1.25 bits per heavy atom. The van der Waals surface area contributed by atoms with Crippen molar-refractivity contribution >= 4 is 29.7 Å². The van der Waals surface area contributed by atoms with E-state index in [1.54, 1.807) is 32.1 Å². The quantitative estimate of drug-likeness (QED) is 0.539. The van der Waals surface area contributed by atoms with Gasteiger partial charge < -0.3 is 10.1 Å². The smallest absolute Gasteiger partial charge is 0.357 e. The Hall–Kier alpha value is -3.56. The van der Waals surface area contributed by atoms with Gasteiger partial charge in [0.1, 0.15) is 0 Å². The van der Waals surface area contributed by atoms with Crippen molar-refractivity contribution in [2.45, 2.75) is 33.2 Å². The Labute approximate surface area is 161 Å². The molecule has 10 heteroatoms. The van der Waals surface area contributed by atoms with E-state index in [1.807, 2.05) is 25.1 Å². The first-order chi connectivity index (χ1) is 13.4. The molecule has 10 nitrogen and oxygen atoms in total. The summed E-state index contributed by atoms with van der Waals surface area (Å²) in [5, 5.41) is 15.7. The van der Waals surface area contributed by atoms with Crippen LogP contribution in [0.2, 0.25) is 0 Å². The van der Waals surface area contributed by atoms with Gasteiger partial charge in [-0.05, 0) is 42.3 Å². The average Bonchev–Trinajstić information content (AvgIpc) is 3.10. The topological polar surface area (TPSA) is 128 Å². The zero-order valence-corrected chi connectivity index (χ0v) is 15.9. The fourth-order valence-electron chi connectivity index (χ4n) is 2.10. The molecule has 1 aromatic carbocycles. The zero-order valence-electron chi connectivity index (χ0n) is 15.9. The number of hydrogen-bond donors (Lipinski definition) is 2. The summed E-state index contributed by atoms with van der Waals surface area (Å²) in [6.07, 6.45) is 2.26. The van der Waals surface area contributed by atoms with Crippen LogP contribution in [-0.4, -0.2) is 50.8 Å². The van der Waals surface area contributed by atoms with Gasteiger partial charge in [0.05, 0.1) is 0 Å². The monoisotopic (exact) mass is 386 g/mol. The molecule has 1 aromatic heterocycles. The van der Waals surface area contributed by atoms with Crippen molar-refractivity contribution in [3.05, 3.63) is 41.7 Å². The number of aryl methyl sites for hydroxylation is 1. The average molecular weight is 386 g/mol. The van der Waals surface area contributed by atoms with Gasteiger partial charge in [-0.2, -0.15) is 4.68 Å². The van der Waals surface area contributed by atoms with Crippen LogP contribution in [0.5, 0.6) is 0 Å². The van der Waals surface area contributed by atoms with Gasteiger partial charge in [0.2, 0.25) is 0 Å². The summed E-state index contributed by atoms with van der Waals surface area (Å²) in [6, 6.07) is 8.31. The van der Waals surface area contributed by atoms with Gasteiger partial charge in [0.25, 0.3) is 5.91 Å². The lowest BCUT2D eigenvalue weighted by molar-refractivity contribution is -0.142. The molecular formula is C18H22N6O4. The second kappa shape index (κ2) is 9.95. The number of hydrogen-bond acceptors (Lipinski definition) is 7. The lowest BCUT2D eigenvalue weighted by atomic mass is 10.2. The van der Waals surface area contributed by atoms with Crippen molar-refractivity contribution in [2.75, 3.05) is 6.61 Å². The van der Waals surface area contributed by atoms with Gasteiger partial charge in [-0.3, -0.25) is 10.1 Å². The largest absolute Gasteiger partial charge is 0.451 e. The number of carbonyl (C=O) groups is 3. The molecule has 2 rings (SSSR count). The molecule has 3 amide bonds. The standard InChI is InChI=1S/C18H22N6O4/c1-4-12(2)19-18(27)20-16(25)11-28-17(26)15(24-13(3)21-22-23-24)10-14-8-6-5-7-9-14/h5-10,12H,4,11H2,1-3H3,(H2,19,20,25,27)/b15-10-/t12-/m1/s1. The lowest BCUT2D eigenvalue weighted by Crippen LogP contribution is -2.44. The molecule has 0 saturated heterocycles. The highest BCUT2D eigenvalue weighted by Crippen LogP contribution is 2.13. The summed E-state index contributed by atoms with van der Waals surface area (Å²) in [7, 11) is 0. The van der Waals surface area contributed by atoms with Gasteiger partial charge in [0.15, 0.2) is 18.1 Å². The van der Waals surface area contributed by atoms with E-state index < -0.39 is 24.5 Å². The van der Waals surface area contributed by atoms with Crippen LogP contribution in [-0.2, 0) is 14.3 Å². The minimum atomic E-state index is -0.809. The molecule has 0 unspecified atom stereocenters. The maximum Gasteiger partial charge on any atom is 0.357 e. The van der Waals surface area contributed by atoms with Gasteiger partial charge >= 0.3 is 12.0 Å². The van der Waals surface area contributed by atoms with E-state index in [-0.39, 0.29) is 11.7 Å². The van der Waals surface area contributed by atoms with Crippen LogP contribution >= 0.6 is 0 Å². The van der Waals surface area contributed by atoms with Gasteiger partial charge in [0, 0.05) is 6.04 Å². The molecule has 0 saturated carbocycles. The molecule has 0 fully saturated rings. The highest BCUT2D eigenvalue weighted by molar-refractivity contribution is 6.15. The summed E-state index contributed by atoms with van der Waals surface area (Å²) < 4.78 is 6.24. The van der Waals surface area contributed by atoms with E-state index in [4.69, 9.17) is 4.74 Å². The number of amides is 3. The number of nitrogens with zero attached hydrogens (tertiary/aromatic N) is 4. The SMILES string of the molecule is CC[C@@H](C)NC(=O)NC(=O)COC(=O)/C(=C/c1ccccc1)n1nnnc1C. The van der Waals surface area contributed by atoms with Crippen molar-refractivity contribution in [1.29, 1.82) is 0 Å². The van der Waals surface area contributed by atoms with Crippen molar-refractivity contribution in [2.24, 2.45) is 0 Å². The summed E-state index contributed by atoms with van der Waals surface area (Å²) in [4.78, 5) is 36.0. The third kappa shape index (κ3) is 6.01. The van der Waals surface area contributed by atoms with Crippen LogP contribution in [0.1, 0.15) is 31.7 Å². The molecule has 28 heavy (non-hydrogen) atoms. The molecule has 0 bridgehead atoms. The van der Waals surface area contributed by atoms with Crippen LogP contribution in [0.3, 0.4) is 0 Å². The van der Waals surface area contributed by atoms with E-state index in [9.17, 15) is 14.4 Å². The van der Waals surface area contributed by atoms with Crippen LogP contribution < -0.4 is 10.6 Å². The number of carbonyl (C=O) groups excluding carboxylic acids is 3. The molecule has 0 aliphatic carbocycles. The maximum absolute atomic E-state index is 12.5. The zero-order chi connectivity index (χ0) is 20.5. The van der Waals surface area contributed by atoms with Gasteiger partial charge in [-0.15, -0.1) is 5.10 Å². The normalized spacial score (nSPS) is 12.2. The highest BCUT2D eigenvalue weighted by Gasteiger charge is 2.19. The van der Waals surface area contributed by atoms with Crippen LogP contribution in [0, 0.1) is 6.92 Å². The number of ether oxygens (including phenoxy) is 1. The lowest BCUT2D eigenvalue weighted by Gasteiger charge is -2.12. The summed E-state index contributed by atoms with van der Waals surface area (Å²) in [5.74, 6) is -1.19. The number of rotatable bonds is 7. The molecule has 0 radical (unpaired) electrons. The highest BCUT2D eigenvalue weighted by atomic mass is 16.5. The van der Waals surface area contributed by atoms with E-state index in [0.29, 0.717) is 5.82 Å². The molecule has 2 aromatic rings. The molecule has 1 atom stereocenters. The van der Waals surface area contributed by atoms with Crippen molar-refractivity contribution < 1.29 is 19.1 Å². The molecule has 0 aliphatic rings. The van der Waals surface area contributed by atoms with Crippen molar-refractivity contribution in [3.8, 4) is 0 Å². The first-order valence-corrected chi connectivity index (χ1v) is 8.70. The first kappa shape index (κ1) is 20.7. The second-order valence-corrected chi connectivity index (χ2v) is 5.99. The fourth-order valence-corrected chi connectivity index (χ4v) is 2.10. The van der Waals surface area contributed by atoms with E-state index in [2.05, 4.69) is 26.2 Å². The van der Waals surface area contributed by atoms with E-state index >= 15 is 0 Å². The summed E-state index contributed by atoms with van der Waals surface area (Å²) >= 11 is 0. The number of imide groups is 1. The second-order valence-electron chi connectivity index (χ2n) is 5.99. The molecule has 0 spiro atoms. The number of esters is 1. The number of urea groups is 1. The predicted octanol–water partition coefficient (Wildman–Crippen LogP) is 1.15. The molecule has 2 N–H and O–H groups in total.